The van der Waals surface area contributed by atoms with E-state index in [1.54, 1.807) is 0 Å². The van der Waals surface area contributed by atoms with Gasteiger partial charge < -0.3 is 10.3 Å². The van der Waals surface area contributed by atoms with Gasteiger partial charge in [0.15, 0.2) is 0 Å². The van der Waals surface area contributed by atoms with Crippen LogP contribution >= 0.6 is 8.46 Å². The van der Waals surface area contributed by atoms with E-state index in [4.69, 9.17) is 5.41 Å². The summed E-state index contributed by atoms with van der Waals surface area (Å²) in [4.78, 5) is 0. The van der Waals surface area contributed by atoms with Gasteiger partial charge in [-0.2, -0.15) is 0 Å². The second kappa shape index (κ2) is 5.23. The Bertz CT molecular complexity index is 64.6. The summed E-state index contributed by atoms with van der Waals surface area (Å²) < 4.78 is 9.36. The van der Waals surface area contributed by atoms with E-state index < -0.39 is 8.46 Å². The minimum Gasteiger partial charge on any atom is -0.382 e. The average Bonchev–Trinajstić information content (AvgIpc) is 1.38. The van der Waals surface area contributed by atoms with Crippen molar-refractivity contribution in [3.8, 4) is 0 Å². The van der Waals surface area contributed by atoms with E-state index in [0.29, 0.717) is 0 Å². The van der Waals surface area contributed by atoms with Gasteiger partial charge in [0.2, 0.25) is 0 Å². The number of hydrogen-bond donors (Lipinski definition) is 2. The van der Waals surface area contributed by atoms with Crippen molar-refractivity contribution in [2.75, 3.05) is 0 Å². The van der Waals surface area contributed by atoms with Crippen LogP contribution in [0.25, 0.3) is 0 Å². The normalized spacial score (nSPS) is 8.00. The summed E-state index contributed by atoms with van der Waals surface area (Å²) in [5, 5.41) is 6.25. The van der Waals surface area contributed by atoms with E-state index >= 15 is 0 Å². The predicted molar refractivity (Wildman–Crippen MR) is 22.3 cm³/mol. The zero-order chi connectivity index (χ0) is 4.28. The average molecular weight is 144 g/mol. The molecule has 0 aromatic heterocycles. The molecule has 0 bridgehead atoms. The van der Waals surface area contributed by atoms with Gasteiger partial charge in [0.05, 0.1) is 0 Å². The summed E-state index contributed by atoms with van der Waals surface area (Å²) in [6, 6.07) is 0. The van der Waals surface area contributed by atoms with Crippen LogP contribution in [0.4, 0.5) is 0 Å². The minimum atomic E-state index is -1.16. The molecule has 0 amide bonds. The summed E-state index contributed by atoms with van der Waals surface area (Å²) in [5.74, 6) is 0. The maximum atomic E-state index is 9.36. The fourth-order valence-electron chi connectivity index (χ4n) is 0. The molecular weight excluding hydrogens is 139 g/mol. The smallest absolute Gasteiger partial charge is 0.146 e. The Morgan fingerprint density at radius 1 is 1.83 bits per heavy atom. The summed E-state index contributed by atoms with van der Waals surface area (Å²) >= 11 is 0. The predicted octanol–water partition coefficient (Wildman–Crippen LogP) is -0.366. The number of amidine groups is 1. The van der Waals surface area contributed by atoms with Gasteiger partial charge in [0.1, 0.15) is 14.0 Å². The molecule has 0 fully saturated rings. The summed E-state index contributed by atoms with van der Waals surface area (Å²) in [5.41, 5.74) is 4.38. The molecule has 0 aromatic rings. The first-order chi connectivity index (χ1) is 2.27. The standard InChI is InChI=1S/CH5N2OP.Cr/c2-1(3)5-4;/h5H2,(H3,2,3);. The molecule has 3 nitrogen and oxygen atoms in total. The third-order valence-electron chi connectivity index (χ3n) is 0.127. The van der Waals surface area contributed by atoms with Gasteiger partial charge >= 0.3 is 0 Å². The Balaban J connectivity index is 0. The molecule has 6 heavy (non-hydrogen) atoms. The van der Waals surface area contributed by atoms with Crippen molar-refractivity contribution in [2.24, 2.45) is 5.73 Å². The molecule has 0 saturated carbocycles. The van der Waals surface area contributed by atoms with Crippen molar-refractivity contribution in [2.45, 2.75) is 0 Å². The van der Waals surface area contributed by atoms with E-state index in [2.05, 4.69) is 5.73 Å². The molecule has 36 valence electrons. The van der Waals surface area contributed by atoms with E-state index in [-0.39, 0.29) is 22.9 Å². The maximum Gasteiger partial charge on any atom is 0.146 e. The van der Waals surface area contributed by atoms with Crippen molar-refractivity contribution in [3.05, 3.63) is 0 Å². The van der Waals surface area contributed by atoms with E-state index in [1.165, 1.54) is 0 Å². The molecular formula is CH5CrN2OP. The van der Waals surface area contributed by atoms with Crippen molar-refractivity contribution in [1.29, 1.82) is 5.41 Å². The molecule has 0 aromatic carbocycles. The van der Waals surface area contributed by atoms with Gasteiger partial charge in [-0.25, -0.2) is 0 Å². The second-order valence-corrected chi connectivity index (χ2v) is 1.43. The molecule has 0 aliphatic carbocycles. The third kappa shape index (κ3) is 8.87. The molecule has 0 radical (unpaired) electrons. The SMILES string of the molecule is N=C(N)[PH2]=O.[Cr]. The quantitative estimate of drug-likeness (QED) is 0.299. The van der Waals surface area contributed by atoms with Crippen LogP contribution in [0, 0.1) is 5.41 Å². The summed E-state index contributed by atoms with van der Waals surface area (Å²) in [6.07, 6.45) is 0. The molecule has 1 atom stereocenters. The van der Waals surface area contributed by atoms with Crippen LogP contribution in [0.3, 0.4) is 0 Å². The Labute approximate surface area is 47.8 Å². The molecule has 0 aliphatic rings. The van der Waals surface area contributed by atoms with Gasteiger partial charge in [-0.1, -0.05) is 0 Å². The van der Waals surface area contributed by atoms with Crippen molar-refractivity contribution < 1.29 is 21.9 Å². The largest absolute Gasteiger partial charge is 0.382 e. The minimum absolute atomic E-state index is 0. The van der Waals surface area contributed by atoms with Crippen LogP contribution in [0.1, 0.15) is 0 Å². The molecule has 5 heteroatoms. The molecule has 0 rings (SSSR count). The van der Waals surface area contributed by atoms with Crippen LogP contribution in [0.15, 0.2) is 0 Å². The van der Waals surface area contributed by atoms with Crippen molar-refractivity contribution in [3.63, 3.8) is 0 Å². The Morgan fingerprint density at radius 3 is 2.00 bits per heavy atom. The van der Waals surface area contributed by atoms with Crippen molar-refractivity contribution >= 4 is 14.0 Å². The maximum absolute atomic E-state index is 9.36. The number of rotatable bonds is 1. The van der Waals surface area contributed by atoms with Gasteiger partial charge in [0, 0.05) is 17.4 Å². The fourth-order valence-corrected chi connectivity index (χ4v) is 0. The fraction of sp³-hybridized carbons (Fsp3) is 0. The first-order valence-electron chi connectivity index (χ1n) is 1.06. The number of nitrogens with two attached hydrogens (primary N) is 1. The monoisotopic (exact) mass is 144 g/mol. The zero-order valence-electron chi connectivity index (χ0n) is 2.97. The Hall–Kier alpha value is 0.232. The van der Waals surface area contributed by atoms with E-state index in [1.807, 2.05) is 0 Å². The first kappa shape index (κ1) is 9.53. The van der Waals surface area contributed by atoms with Gasteiger partial charge in [-0.15, -0.1) is 0 Å². The molecule has 0 saturated heterocycles. The summed E-state index contributed by atoms with van der Waals surface area (Å²) in [7, 11) is -1.16. The second-order valence-electron chi connectivity index (χ2n) is 0.573. The molecule has 0 aliphatic heterocycles. The third-order valence-corrected chi connectivity index (χ3v) is 0.381. The Kier molecular flexibility index (Phi) is 8.31. The number of hydrogen-bond acceptors (Lipinski definition) is 2. The van der Waals surface area contributed by atoms with Crippen LogP contribution < -0.4 is 5.73 Å². The molecule has 0 spiro atoms. The van der Waals surface area contributed by atoms with E-state index in [0.717, 1.165) is 0 Å². The zero-order valence-corrected chi connectivity index (χ0v) is 5.40. The van der Waals surface area contributed by atoms with Gasteiger partial charge in [-0.05, 0) is 0 Å². The molecule has 0 heterocycles. The van der Waals surface area contributed by atoms with E-state index in [9.17, 15) is 4.57 Å². The van der Waals surface area contributed by atoms with Crippen LogP contribution in [-0.2, 0) is 21.9 Å². The first-order valence-corrected chi connectivity index (χ1v) is 2.11. The van der Waals surface area contributed by atoms with Gasteiger partial charge in [-0.3, -0.25) is 5.41 Å². The Morgan fingerprint density at radius 2 is 2.00 bits per heavy atom. The van der Waals surface area contributed by atoms with Crippen molar-refractivity contribution in [1.82, 2.24) is 0 Å². The molecule has 3 N–H and O–H groups in total. The van der Waals surface area contributed by atoms with Crippen LogP contribution in [0.2, 0.25) is 0 Å². The van der Waals surface area contributed by atoms with Gasteiger partial charge in [0.25, 0.3) is 0 Å². The number of nitrogens with one attached hydrogen (secondary N) is 1. The van der Waals surface area contributed by atoms with Crippen LogP contribution in [-0.4, -0.2) is 5.58 Å². The topological polar surface area (TPSA) is 66.9 Å². The molecule has 1 unspecified atom stereocenters. The summed E-state index contributed by atoms with van der Waals surface area (Å²) in [6.45, 7) is 0. The van der Waals surface area contributed by atoms with Crippen LogP contribution in [0.5, 0.6) is 0 Å².